The Kier molecular flexibility index (Phi) is 7.42. The first-order chi connectivity index (χ1) is 14.9. The first-order valence-corrected chi connectivity index (χ1v) is 12.8. The van der Waals surface area contributed by atoms with E-state index in [9.17, 15) is 9.59 Å². The van der Waals surface area contributed by atoms with Crippen LogP contribution in [-0.2, 0) is 27.9 Å². The first kappa shape index (κ1) is 24.8. The Hall–Kier alpha value is -1.83. The molecule has 0 bridgehead atoms. The van der Waals surface area contributed by atoms with Gasteiger partial charge in [0.25, 0.3) is 0 Å². The second-order valence-electron chi connectivity index (χ2n) is 9.68. The lowest BCUT2D eigenvalue weighted by Crippen LogP contribution is -2.55. The highest BCUT2D eigenvalue weighted by atomic mass is 32.2. The molecule has 0 spiro atoms. The number of nitrogens with one attached hydrogen (secondary N) is 2. The van der Waals surface area contributed by atoms with E-state index in [1.807, 2.05) is 12.1 Å². The molecule has 2 aromatic rings. The number of carbonyl (C=O) groups is 2. The maximum Gasteiger partial charge on any atom is 0.341 e. The molecular weight excluding hydrogens is 440 g/mol. The highest BCUT2D eigenvalue weighted by Gasteiger charge is 2.42. The molecule has 32 heavy (non-hydrogen) atoms. The van der Waals surface area contributed by atoms with Crippen LogP contribution in [0.4, 0.5) is 5.00 Å². The van der Waals surface area contributed by atoms with Crippen molar-refractivity contribution in [3.63, 3.8) is 0 Å². The van der Waals surface area contributed by atoms with E-state index in [-0.39, 0.29) is 29.4 Å². The fraction of sp³-hybridized carbons (Fsp3) is 0.520. The predicted octanol–water partition coefficient (Wildman–Crippen LogP) is 5.77. The van der Waals surface area contributed by atoms with Crippen LogP contribution in [0.5, 0.6) is 0 Å². The second-order valence-corrected chi connectivity index (χ2v) is 12.4. The summed E-state index contributed by atoms with van der Waals surface area (Å²) >= 11 is 3.27. The minimum atomic E-state index is -0.371. The van der Waals surface area contributed by atoms with E-state index in [1.54, 1.807) is 18.7 Å². The summed E-state index contributed by atoms with van der Waals surface area (Å²) < 4.78 is 5.37. The van der Waals surface area contributed by atoms with Gasteiger partial charge in [-0.1, -0.05) is 26.0 Å². The highest BCUT2D eigenvalue weighted by Crippen LogP contribution is 2.45. The number of amides is 1. The van der Waals surface area contributed by atoms with Gasteiger partial charge in [-0.05, 0) is 64.3 Å². The molecule has 0 radical (unpaired) electrons. The molecule has 1 amide bonds. The number of rotatable bonds is 7. The van der Waals surface area contributed by atoms with Gasteiger partial charge in [0.15, 0.2) is 0 Å². The van der Waals surface area contributed by atoms with Crippen LogP contribution < -0.4 is 10.6 Å². The number of esters is 1. The third kappa shape index (κ3) is 5.74. The molecule has 0 unspecified atom stereocenters. The van der Waals surface area contributed by atoms with Crippen LogP contribution in [-0.4, -0.2) is 29.3 Å². The Bertz CT molecular complexity index is 991. The van der Waals surface area contributed by atoms with Gasteiger partial charge < -0.3 is 15.4 Å². The number of fused-ring (bicyclic) bond motifs is 1. The minimum Gasteiger partial charge on any atom is -0.462 e. The van der Waals surface area contributed by atoms with Crippen molar-refractivity contribution in [3.05, 3.63) is 45.8 Å². The van der Waals surface area contributed by atoms with E-state index in [1.165, 1.54) is 16.2 Å². The molecule has 1 aromatic carbocycles. The Morgan fingerprint density at radius 2 is 1.84 bits per heavy atom. The van der Waals surface area contributed by atoms with Crippen molar-refractivity contribution >= 4 is 40.0 Å². The SMILES string of the molecule is CCOC(=O)c1c(NC(=O)Cc2ccc(SC(C)C)cc2)sc2c1CC(C)(C)NC2(C)C. The summed E-state index contributed by atoms with van der Waals surface area (Å²) in [5.74, 6) is -0.507. The predicted molar refractivity (Wildman–Crippen MR) is 134 cm³/mol. The Morgan fingerprint density at radius 1 is 1.19 bits per heavy atom. The molecule has 3 rings (SSSR count). The van der Waals surface area contributed by atoms with E-state index in [2.05, 4.69) is 64.3 Å². The molecule has 1 aliphatic rings. The third-order valence-electron chi connectivity index (χ3n) is 5.24. The Morgan fingerprint density at radius 3 is 2.44 bits per heavy atom. The Labute approximate surface area is 199 Å². The van der Waals surface area contributed by atoms with Gasteiger partial charge in [-0.15, -0.1) is 23.1 Å². The summed E-state index contributed by atoms with van der Waals surface area (Å²) in [4.78, 5) is 28.1. The molecule has 174 valence electrons. The van der Waals surface area contributed by atoms with Gasteiger partial charge >= 0.3 is 5.97 Å². The molecule has 1 aliphatic heterocycles. The van der Waals surface area contributed by atoms with Gasteiger partial charge in [0.1, 0.15) is 5.00 Å². The summed E-state index contributed by atoms with van der Waals surface area (Å²) in [6.45, 7) is 14.9. The third-order valence-corrected chi connectivity index (χ3v) is 7.72. The van der Waals surface area contributed by atoms with Gasteiger partial charge in [-0.2, -0.15) is 0 Å². The number of thiophene rings is 1. The topological polar surface area (TPSA) is 67.4 Å². The summed E-state index contributed by atoms with van der Waals surface area (Å²) in [5, 5.41) is 7.76. The number of carbonyl (C=O) groups excluding carboxylic acids is 2. The zero-order valence-corrected chi connectivity index (χ0v) is 21.7. The largest absolute Gasteiger partial charge is 0.462 e. The maximum absolute atomic E-state index is 12.9. The lowest BCUT2D eigenvalue weighted by molar-refractivity contribution is -0.115. The maximum atomic E-state index is 12.9. The first-order valence-electron chi connectivity index (χ1n) is 11.1. The van der Waals surface area contributed by atoms with Crippen LogP contribution in [0.1, 0.15) is 74.8 Å². The lowest BCUT2D eigenvalue weighted by atomic mass is 9.81. The van der Waals surface area contributed by atoms with Crippen LogP contribution in [0.2, 0.25) is 0 Å². The summed E-state index contributed by atoms with van der Waals surface area (Å²) in [6.07, 6.45) is 0.950. The van der Waals surface area contributed by atoms with Crippen molar-refractivity contribution in [2.75, 3.05) is 11.9 Å². The van der Waals surface area contributed by atoms with Crippen molar-refractivity contribution in [3.8, 4) is 0 Å². The lowest BCUT2D eigenvalue weighted by Gasteiger charge is -2.42. The van der Waals surface area contributed by atoms with Crippen molar-refractivity contribution in [1.29, 1.82) is 0 Å². The standard InChI is InChI=1S/C25H34N2O3S2/c1-8-30-23(29)20-18-14-24(4,5)27-25(6,7)21(18)32-22(20)26-19(28)13-16-9-11-17(12-10-16)31-15(2)3/h9-12,15,27H,8,13-14H2,1-7H3,(H,26,28). The normalized spacial score (nSPS) is 16.5. The molecular formula is C25H34N2O3S2. The van der Waals surface area contributed by atoms with Crippen LogP contribution >= 0.6 is 23.1 Å². The van der Waals surface area contributed by atoms with Crippen molar-refractivity contribution in [1.82, 2.24) is 5.32 Å². The molecule has 0 fully saturated rings. The van der Waals surface area contributed by atoms with Gasteiger partial charge in [0, 0.05) is 26.1 Å². The number of benzene rings is 1. The van der Waals surface area contributed by atoms with Gasteiger partial charge in [-0.3, -0.25) is 4.79 Å². The zero-order valence-electron chi connectivity index (χ0n) is 20.0. The number of hydrogen-bond donors (Lipinski definition) is 2. The summed E-state index contributed by atoms with van der Waals surface area (Å²) in [6, 6.07) is 8.09. The molecule has 0 atom stereocenters. The fourth-order valence-corrected chi connectivity index (χ4v) is 6.47. The minimum absolute atomic E-state index is 0.136. The summed E-state index contributed by atoms with van der Waals surface area (Å²) in [7, 11) is 0. The van der Waals surface area contributed by atoms with Crippen LogP contribution in [0.3, 0.4) is 0 Å². The Balaban J connectivity index is 1.86. The van der Waals surface area contributed by atoms with Gasteiger partial charge in [0.2, 0.25) is 5.91 Å². The molecule has 0 aliphatic carbocycles. The van der Waals surface area contributed by atoms with Gasteiger partial charge in [0.05, 0.1) is 18.6 Å². The quantitative estimate of drug-likeness (QED) is 0.394. The molecule has 7 heteroatoms. The molecule has 2 heterocycles. The average Bonchev–Trinajstić information content (AvgIpc) is 3.00. The van der Waals surface area contributed by atoms with Crippen LogP contribution in [0.25, 0.3) is 0 Å². The second kappa shape index (κ2) is 9.57. The van der Waals surface area contributed by atoms with Crippen molar-refractivity contribution in [2.24, 2.45) is 0 Å². The number of anilines is 1. The van der Waals surface area contributed by atoms with Crippen LogP contribution in [0.15, 0.2) is 29.2 Å². The number of thioether (sulfide) groups is 1. The smallest absolute Gasteiger partial charge is 0.341 e. The summed E-state index contributed by atoms with van der Waals surface area (Å²) in [5.41, 5.74) is 1.95. The highest BCUT2D eigenvalue weighted by molar-refractivity contribution is 7.99. The van der Waals surface area contributed by atoms with E-state index >= 15 is 0 Å². The van der Waals surface area contributed by atoms with E-state index in [0.717, 1.165) is 16.0 Å². The van der Waals surface area contributed by atoms with Crippen molar-refractivity contribution < 1.29 is 14.3 Å². The monoisotopic (exact) mass is 474 g/mol. The van der Waals surface area contributed by atoms with Crippen LogP contribution in [0, 0.1) is 0 Å². The number of hydrogen-bond acceptors (Lipinski definition) is 6. The van der Waals surface area contributed by atoms with E-state index in [4.69, 9.17) is 4.74 Å². The molecule has 2 N–H and O–H groups in total. The fourth-order valence-electron chi connectivity index (χ4n) is 4.35. The molecule has 5 nitrogen and oxygen atoms in total. The van der Waals surface area contributed by atoms with Crippen molar-refractivity contribution in [2.45, 2.75) is 82.5 Å². The van der Waals surface area contributed by atoms with E-state index in [0.29, 0.717) is 28.8 Å². The molecule has 0 saturated heterocycles. The van der Waals surface area contributed by atoms with Gasteiger partial charge in [-0.25, -0.2) is 4.79 Å². The number of ether oxygens (including phenoxy) is 1. The average molecular weight is 475 g/mol. The zero-order chi connectivity index (χ0) is 23.7. The molecule has 0 saturated carbocycles. The molecule has 1 aromatic heterocycles. The van der Waals surface area contributed by atoms with E-state index < -0.39 is 0 Å².